The molecule has 0 aromatic heterocycles. The Balaban J connectivity index is 1.78. The van der Waals surface area contributed by atoms with Gasteiger partial charge in [-0.05, 0) is 19.1 Å². The van der Waals surface area contributed by atoms with Crippen LogP contribution in [0.4, 0.5) is 0 Å². The first-order chi connectivity index (χ1) is 13.7. The Morgan fingerprint density at radius 3 is 2.55 bits per heavy atom. The lowest BCUT2D eigenvalue weighted by Gasteiger charge is -2.33. The standard InChI is InChI=1S/C17H21N5O6S/c1-9-2-4-10(5-3-9)29(26,27)17-15(18)19-7-20-16(17)22(8-21-17)14-13(25)12(24)11(6-23)28-14/h2-5,8,11-14,23-25H,6-7H2,1H3,(H2,18,19)/t11-,12-,13-,14-,17?/m1/s1. The molecule has 5 atom stereocenters. The number of aliphatic imine (C=N–C) groups is 3. The first-order valence-electron chi connectivity index (χ1n) is 8.87. The highest BCUT2D eigenvalue weighted by Gasteiger charge is 2.61. The van der Waals surface area contributed by atoms with Crippen molar-refractivity contribution in [3.63, 3.8) is 0 Å². The molecule has 1 fully saturated rings. The molecule has 3 heterocycles. The van der Waals surface area contributed by atoms with Crippen molar-refractivity contribution in [1.82, 2.24) is 4.90 Å². The lowest BCUT2D eigenvalue weighted by molar-refractivity contribution is -0.0511. The summed E-state index contributed by atoms with van der Waals surface area (Å²) >= 11 is 0. The fourth-order valence-electron chi connectivity index (χ4n) is 3.60. The van der Waals surface area contributed by atoms with Crippen LogP contribution in [0.3, 0.4) is 0 Å². The molecular formula is C17H21N5O6S. The van der Waals surface area contributed by atoms with Gasteiger partial charge in [0.05, 0.1) is 17.8 Å². The van der Waals surface area contributed by atoms with Gasteiger partial charge >= 0.3 is 0 Å². The monoisotopic (exact) mass is 423 g/mol. The van der Waals surface area contributed by atoms with Crippen molar-refractivity contribution in [2.45, 2.75) is 41.2 Å². The van der Waals surface area contributed by atoms with Gasteiger partial charge in [-0.3, -0.25) is 4.90 Å². The van der Waals surface area contributed by atoms with Gasteiger partial charge in [-0.15, -0.1) is 0 Å². The molecule has 1 saturated heterocycles. The number of amidine groups is 2. The molecule has 0 radical (unpaired) electrons. The molecule has 0 spiro atoms. The number of nitrogens with zero attached hydrogens (tertiary/aromatic N) is 4. The molecule has 1 aromatic rings. The van der Waals surface area contributed by atoms with Crippen molar-refractivity contribution in [1.29, 1.82) is 0 Å². The molecule has 3 aliphatic rings. The van der Waals surface area contributed by atoms with E-state index in [-0.39, 0.29) is 23.2 Å². The first-order valence-corrected chi connectivity index (χ1v) is 10.3. The third-order valence-corrected chi connectivity index (χ3v) is 7.40. The molecule has 4 rings (SSSR count). The zero-order valence-electron chi connectivity index (χ0n) is 15.5. The summed E-state index contributed by atoms with van der Waals surface area (Å²) in [7, 11) is -4.21. The Morgan fingerprint density at radius 2 is 1.93 bits per heavy atom. The highest BCUT2D eigenvalue weighted by atomic mass is 32.2. The van der Waals surface area contributed by atoms with Crippen molar-refractivity contribution in [3.8, 4) is 0 Å². The molecule has 156 valence electrons. The smallest absolute Gasteiger partial charge is 0.280 e. The van der Waals surface area contributed by atoms with Crippen LogP contribution >= 0.6 is 0 Å². The predicted molar refractivity (Wildman–Crippen MR) is 103 cm³/mol. The van der Waals surface area contributed by atoms with Crippen LogP contribution in [0.1, 0.15) is 5.56 Å². The van der Waals surface area contributed by atoms with Gasteiger partial charge in [0.25, 0.3) is 4.87 Å². The quantitative estimate of drug-likeness (QED) is 0.430. The number of aryl methyl sites for hydroxylation is 1. The summed E-state index contributed by atoms with van der Waals surface area (Å²) in [5.74, 6) is -0.339. The molecule has 0 saturated carbocycles. The van der Waals surface area contributed by atoms with E-state index in [9.17, 15) is 23.7 Å². The van der Waals surface area contributed by atoms with Gasteiger partial charge in [0.1, 0.15) is 30.8 Å². The maximum absolute atomic E-state index is 13.6. The van der Waals surface area contributed by atoms with Crippen molar-refractivity contribution < 1.29 is 28.5 Å². The van der Waals surface area contributed by atoms with E-state index in [1.54, 1.807) is 12.1 Å². The molecule has 11 nitrogen and oxygen atoms in total. The van der Waals surface area contributed by atoms with E-state index in [0.717, 1.165) is 11.9 Å². The van der Waals surface area contributed by atoms with Crippen molar-refractivity contribution in [2.75, 3.05) is 13.3 Å². The normalized spacial score (nSPS) is 34.1. The molecule has 29 heavy (non-hydrogen) atoms. The lowest BCUT2D eigenvalue weighted by Crippen LogP contribution is -2.60. The van der Waals surface area contributed by atoms with E-state index in [0.29, 0.717) is 0 Å². The number of ether oxygens (including phenoxy) is 1. The second-order valence-corrected chi connectivity index (χ2v) is 9.08. The molecule has 5 N–H and O–H groups in total. The average Bonchev–Trinajstić information content (AvgIpc) is 3.22. The number of hydrogen-bond donors (Lipinski definition) is 4. The minimum atomic E-state index is -4.21. The molecule has 0 amide bonds. The van der Waals surface area contributed by atoms with Gasteiger partial charge in [-0.2, -0.15) is 0 Å². The number of hydrogen-bond acceptors (Lipinski definition) is 11. The maximum atomic E-state index is 13.6. The number of nitrogens with two attached hydrogens (primary N) is 1. The highest BCUT2D eigenvalue weighted by molar-refractivity contribution is 7.94. The van der Waals surface area contributed by atoms with E-state index < -0.39 is 45.9 Å². The van der Waals surface area contributed by atoms with E-state index in [1.807, 2.05) is 6.92 Å². The van der Waals surface area contributed by atoms with Crippen LogP contribution in [0, 0.1) is 6.92 Å². The van der Waals surface area contributed by atoms with Gasteiger partial charge in [-0.1, -0.05) is 17.7 Å². The van der Waals surface area contributed by atoms with Gasteiger partial charge in [0, 0.05) is 0 Å². The maximum Gasteiger partial charge on any atom is 0.280 e. The van der Waals surface area contributed by atoms with Crippen molar-refractivity contribution >= 4 is 27.8 Å². The number of benzene rings is 1. The van der Waals surface area contributed by atoms with Crippen LogP contribution in [-0.2, 0) is 14.6 Å². The van der Waals surface area contributed by atoms with Crippen LogP contribution in [0.15, 0.2) is 44.1 Å². The molecular weight excluding hydrogens is 402 g/mol. The Hall–Kier alpha value is -2.38. The summed E-state index contributed by atoms with van der Waals surface area (Å²) in [6.07, 6.45) is -3.89. The number of rotatable bonds is 4. The first kappa shape index (κ1) is 19.9. The van der Waals surface area contributed by atoms with Crippen LogP contribution in [0.25, 0.3) is 0 Å². The lowest BCUT2D eigenvalue weighted by atomic mass is 10.1. The van der Waals surface area contributed by atoms with Crippen LogP contribution in [-0.4, -0.2) is 89.3 Å². The fourth-order valence-corrected chi connectivity index (χ4v) is 5.37. The molecule has 1 unspecified atom stereocenters. The summed E-state index contributed by atoms with van der Waals surface area (Å²) < 4.78 is 32.6. The number of aliphatic hydroxyl groups excluding tert-OH is 3. The number of fused-ring (bicyclic) bond motifs is 1. The average molecular weight is 423 g/mol. The molecule has 1 aromatic carbocycles. The SMILES string of the molecule is Cc1ccc(S(=O)(=O)C23N=CN([C@@H]4O[C@H](CO)[C@@H](O)[C@H]4O)C2=NCN=C3N)cc1. The zero-order chi connectivity index (χ0) is 21.0. The minimum absolute atomic E-state index is 0.0176. The third kappa shape index (κ3) is 2.71. The summed E-state index contributed by atoms with van der Waals surface area (Å²) in [6, 6.07) is 6.20. The number of sulfone groups is 1. The predicted octanol–water partition coefficient (Wildman–Crippen LogP) is -2.03. The highest BCUT2D eigenvalue weighted by Crippen LogP contribution is 2.38. The Labute approximate surface area is 166 Å². The zero-order valence-corrected chi connectivity index (χ0v) is 16.3. The van der Waals surface area contributed by atoms with Crippen molar-refractivity contribution in [2.24, 2.45) is 20.7 Å². The molecule has 0 bridgehead atoms. The number of aliphatic hydroxyl groups is 3. The van der Waals surface area contributed by atoms with Crippen LogP contribution in [0.2, 0.25) is 0 Å². The van der Waals surface area contributed by atoms with Crippen LogP contribution < -0.4 is 5.73 Å². The molecule has 3 aliphatic heterocycles. The summed E-state index contributed by atoms with van der Waals surface area (Å²) in [6.45, 7) is 1.18. The van der Waals surface area contributed by atoms with Crippen LogP contribution in [0.5, 0.6) is 0 Å². The molecule has 0 aliphatic carbocycles. The Kier molecular flexibility index (Phi) is 4.70. The van der Waals surface area contributed by atoms with Crippen molar-refractivity contribution in [3.05, 3.63) is 29.8 Å². The van der Waals surface area contributed by atoms with Gasteiger partial charge < -0.3 is 25.8 Å². The summed E-state index contributed by atoms with van der Waals surface area (Å²) in [5, 5.41) is 29.7. The van der Waals surface area contributed by atoms with Gasteiger partial charge in [0.15, 0.2) is 12.1 Å². The van der Waals surface area contributed by atoms with E-state index >= 15 is 0 Å². The molecule has 12 heteroatoms. The summed E-state index contributed by atoms with van der Waals surface area (Å²) in [4.78, 5) is 11.4. The second-order valence-electron chi connectivity index (χ2n) is 7.01. The van der Waals surface area contributed by atoms with E-state index in [4.69, 9.17) is 10.5 Å². The summed E-state index contributed by atoms with van der Waals surface area (Å²) in [5.41, 5.74) is 6.92. The second kappa shape index (κ2) is 6.85. The fraction of sp³-hybridized carbons (Fsp3) is 0.471. The van der Waals surface area contributed by atoms with E-state index in [1.165, 1.54) is 17.0 Å². The minimum Gasteiger partial charge on any atom is -0.394 e. The Bertz CT molecular complexity index is 1010. The van der Waals surface area contributed by atoms with Gasteiger partial charge in [-0.25, -0.2) is 23.4 Å². The Morgan fingerprint density at radius 1 is 1.24 bits per heavy atom. The van der Waals surface area contributed by atoms with E-state index in [2.05, 4.69) is 15.0 Å². The topological polar surface area (TPSA) is 170 Å². The largest absolute Gasteiger partial charge is 0.394 e. The third-order valence-electron chi connectivity index (χ3n) is 5.23. The van der Waals surface area contributed by atoms with Gasteiger partial charge in [0.2, 0.25) is 9.84 Å².